The van der Waals surface area contributed by atoms with Crippen molar-refractivity contribution < 1.29 is 14.3 Å². The van der Waals surface area contributed by atoms with Crippen molar-refractivity contribution in [2.24, 2.45) is 0 Å². The maximum Gasteiger partial charge on any atom is 0.246 e. The van der Waals surface area contributed by atoms with Crippen LogP contribution in [0.5, 0.6) is 11.5 Å². The van der Waals surface area contributed by atoms with Crippen LogP contribution in [0.1, 0.15) is 24.4 Å². The van der Waals surface area contributed by atoms with Crippen LogP contribution in [-0.4, -0.2) is 60.1 Å². The predicted molar refractivity (Wildman–Crippen MR) is 134 cm³/mol. The normalized spacial score (nSPS) is 15.0. The van der Waals surface area contributed by atoms with Crippen molar-refractivity contribution in [1.82, 2.24) is 14.8 Å². The molecule has 6 nitrogen and oxygen atoms in total. The van der Waals surface area contributed by atoms with E-state index in [1.807, 2.05) is 43.0 Å². The number of halogens is 1. The molecule has 1 aliphatic heterocycles. The van der Waals surface area contributed by atoms with E-state index in [1.165, 1.54) is 4.70 Å². The SMILES string of the molecule is COc1cc(C=CC(=O)N2CCN(Cc3nc4ccccc4s3)CC2)cc(Cl)c1OC(C)C. The van der Waals surface area contributed by atoms with Crippen molar-refractivity contribution in [3.8, 4) is 11.5 Å². The minimum absolute atomic E-state index is 0.00719. The summed E-state index contributed by atoms with van der Waals surface area (Å²) in [5, 5.41) is 1.57. The maximum atomic E-state index is 12.7. The molecule has 0 spiro atoms. The Morgan fingerprint density at radius 2 is 1.97 bits per heavy atom. The molecule has 8 heteroatoms. The van der Waals surface area contributed by atoms with Gasteiger partial charge in [0.15, 0.2) is 11.5 Å². The van der Waals surface area contributed by atoms with Gasteiger partial charge < -0.3 is 14.4 Å². The molecule has 1 fully saturated rings. The van der Waals surface area contributed by atoms with Gasteiger partial charge in [-0.3, -0.25) is 9.69 Å². The summed E-state index contributed by atoms with van der Waals surface area (Å²) >= 11 is 8.12. The van der Waals surface area contributed by atoms with Gasteiger partial charge >= 0.3 is 0 Å². The highest BCUT2D eigenvalue weighted by Gasteiger charge is 2.21. The Bertz CT molecular complexity index is 1120. The summed E-state index contributed by atoms with van der Waals surface area (Å²) in [6, 6.07) is 11.8. The topological polar surface area (TPSA) is 54.9 Å². The second-order valence-electron chi connectivity index (χ2n) is 8.21. The molecule has 1 aromatic heterocycles. The summed E-state index contributed by atoms with van der Waals surface area (Å²) in [5.41, 5.74) is 1.84. The number of piperazine rings is 1. The molecular formula is C25H28ClN3O3S. The van der Waals surface area contributed by atoms with E-state index in [9.17, 15) is 4.79 Å². The summed E-state index contributed by atoms with van der Waals surface area (Å²) in [7, 11) is 1.57. The zero-order valence-corrected chi connectivity index (χ0v) is 20.7. The number of benzene rings is 2. The fourth-order valence-electron chi connectivity index (χ4n) is 3.76. The number of amides is 1. The molecule has 174 valence electrons. The quantitative estimate of drug-likeness (QED) is 0.435. The number of fused-ring (bicyclic) bond motifs is 1. The fourth-order valence-corrected chi connectivity index (χ4v) is 5.04. The predicted octanol–water partition coefficient (Wildman–Crippen LogP) is 5.10. The third kappa shape index (κ3) is 5.85. The van der Waals surface area contributed by atoms with Crippen LogP contribution in [0.15, 0.2) is 42.5 Å². The van der Waals surface area contributed by atoms with E-state index >= 15 is 0 Å². The lowest BCUT2D eigenvalue weighted by molar-refractivity contribution is -0.127. The number of methoxy groups -OCH3 is 1. The molecule has 0 aliphatic carbocycles. The number of rotatable bonds is 7. The number of carbonyl (C=O) groups is 1. The van der Waals surface area contributed by atoms with Crippen molar-refractivity contribution in [1.29, 1.82) is 0 Å². The lowest BCUT2D eigenvalue weighted by atomic mass is 10.1. The van der Waals surface area contributed by atoms with E-state index in [2.05, 4.69) is 11.0 Å². The van der Waals surface area contributed by atoms with Gasteiger partial charge in [-0.2, -0.15) is 0 Å². The Morgan fingerprint density at radius 3 is 2.67 bits per heavy atom. The number of ether oxygens (including phenoxy) is 2. The highest BCUT2D eigenvalue weighted by molar-refractivity contribution is 7.18. The van der Waals surface area contributed by atoms with Gasteiger partial charge in [-0.25, -0.2) is 4.98 Å². The standard InChI is InChI=1S/C25H28ClN3O3S/c1-17(2)32-25-19(26)14-18(15-21(25)31-3)8-9-24(30)29-12-10-28(11-13-29)16-23-27-20-6-4-5-7-22(20)33-23/h4-9,14-15,17H,10-13,16H2,1-3H3. The number of aromatic nitrogens is 1. The van der Waals surface area contributed by atoms with Crippen molar-refractivity contribution in [2.75, 3.05) is 33.3 Å². The van der Waals surface area contributed by atoms with Crippen LogP contribution in [0.4, 0.5) is 0 Å². The first-order chi connectivity index (χ1) is 15.9. The van der Waals surface area contributed by atoms with E-state index in [1.54, 1.807) is 36.7 Å². The number of carbonyl (C=O) groups excluding carboxylic acids is 1. The van der Waals surface area contributed by atoms with E-state index in [0.29, 0.717) is 29.6 Å². The number of hydrogen-bond acceptors (Lipinski definition) is 6. The van der Waals surface area contributed by atoms with Gasteiger partial charge in [0.2, 0.25) is 5.91 Å². The molecule has 0 unspecified atom stereocenters. The molecule has 1 saturated heterocycles. The molecule has 4 rings (SSSR count). The molecule has 0 radical (unpaired) electrons. The van der Waals surface area contributed by atoms with Gasteiger partial charge in [0.25, 0.3) is 0 Å². The average Bonchev–Trinajstić information content (AvgIpc) is 3.21. The van der Waals surface area contributed by atoms with Crippen LogP contribution in [0.25, 0.3) is 16.3 Å². The highest BCUT2D eigenvalue weighted by Crippen LogP contribution is 2.37. The Morgan fingerprint density at radius 1 is 1.21 bits per heavy atom. The third-order valence-electron chi connectivity index (χ3n) is 5.40. The number of para-hydroxylation sites is 1. The second-order valence-corrected chi connectivity index (χ2v) is 9.73. The fraction of sp³-hybridized carbons (Fsp3) is 0.360. The van der Waals surface area contributed by atoms with Crippen molar-refractivity contribution in [3.63, 3.8) is 0 Å². The van der Waals surface area contributed by atoms with E-state index in [-0.39, 0.29) is 12.0 Å². The summed E-state index contributed by atoms with van der Waals surface area (Å²) in [5.74, 6) is 1.06. The van der Waals surface area contributed by atoms with Crippen molar-refractivity contribution in [2.45, 2.75) is 26.5 Å². The number of thiazole rings is 1. The third-order valence-corrected chi connectivity index (χ3v) is 6.71. The molecule has 0 atom stereocenters. The van der Waals surface area contributed by atoms with Crippen LogP contribution < -0.4 is 9.47 Å². The molecule has 0 saturated carbocycles. The molecule has 2 heterocycles. The highest BCUT2D eigenvalue weighted by atomic mass is 35.5. The van der Waals surface area contributed by atoms with Crippen LogP contribution in [0, 0.1) is 0 Å². The van der Waals surface area contributed by atoms with Crippen LogP contribution >= 0.6 is 22.9 Å². The summed E-state index contributed by atoms with van der Waals surface area (Å²) in [6.07, 6.45) is 3.34. The van der Waals surface area contributed by atoms with Crippen LogP contribution in [-0.2, 0) is 11.3 Å². The monoisotopic (exact) mass is 485 g/mol. The lowest BCUT2D eigenvalue weighted by Gasteiger charge is -2.33. The maximum absolute atomic E-state index is 12.7. The van der Waals surface area contributed by atoms with Gasteiger partial charge in [0.05, 0.1) is 35.0 Å². The van der Waals surface area contributed by atoms with E-state index < -0.39 is 0 Å². The number of nitrogens with zero attached hydrogens (tertiary/aromatic N) is 3. The minimum atomic E-state index is -0.0207. The van der Waals surface area contributed by atoms with Gasteiger partial charge in [0, 0.05) is 32.3 Å². The molecule has 0 bridgehead atoms. The van der Waals surface area contributed by atoms with Crippen LogP contribution in [0.3, 0.4) is 0 Å². The molecular weight excluding hydrogens is 458 g/mol. The Kier molecular flexibility index (Phi) is 7.53. The molecule has 1 amide bonds. The van der Waals surface area contributed by atoms with E-state index in [4.69, 9.17) is 26.1 Å². The first kappa shape index (κ1) is 23.5. The summed E-state index contributed by atoms with van der Waals surface area (Å²) in [6.45, 7) is 7.73. The van der Waals surface area contributed by atoms with Gasteiger partial charge in [0.1, 0.15) is 5.01 Å². The zero-order chi connectivity index (χ0) is 23.4. The van der Waals surface area contributed by atoms with Crippen molar-refractivity contribution in [3.05, 3.63) is 58.1 Å². The smallest absolute Gasteiger partial charge is 0.246 e. The molecule has 2 aromatic carbocycles. The Hall–Kier alpha value is -2.61. The summed E-state index contributed by atoms with van der Waals surface area (Å²) in [4.78, 5) is 21.7. The Balaban J connectivity index is 1.33. The van der Waals surface area contributed by atoms with Crippen LogP contribution in [0.2, 0.25) is 5.02 Å². The molecule has 1 aliphatic rings. The van der Waals surface area contributed by atoms with Gasteiger partial charge in [-0.1, -0.05) is 23.7 Å². The molecule has 3 aromatic rings. The largest absolute Gasteiger partial charge is 0.493 e. The first-order valence-electron chi connectivity index (χ1n) is 11.0. The Labute approximate surface area is 203 Å². The first-order valence-corrected chi connectivity index (χ1v) is 12.2. The minimum Gasteiger partial charge on any atom is -0.493 e. The zero-order valence-electron chi connectivity index (χ0n) is 19.1. The number of hydrogen-bond donors (Lipinski definition) is 0. The molecule has 0 N–H and O–H groups in total. The van der Waals surface area contributed by atoms with Crippen molar-refractivity contribution >= 4 is 45.1 Å². The van der Waals surface area contributed by atoms with Gasteiger partial charge in [-0.05, 0) is 49.8 Å². The van der Waals surface area contributed by atoms with Gasteiger partial charge in [-0.15, -0.1) is 11.3 Å². The average molecular weight is 486 g/mol. The molecule has 33 heavy (non-hydrogen) atoms. The van der Waals surface area contributed by atoms with E-state index in [0.717, 1.165) is 35.7 Å². The second kappa shape index (κ2) is 10.5. The summed E-state index contributed by atoms with van der Waals surface area (Å²) < 4.78 is 12.4. The lowest BCUT2D eigenvalue weighted by Crippen LogP contribution is -2.47.